The Kier molecular flexibility index (Phi) is 6.91. The van der Waals surface area contributed by atoms with Crippen molar-refractivity contribution in [3.63, 3.8) is 0 Å². The largest absolute Gasteiger partial charge is 0.497 e. The molecule has 3 aromatic carbocycles. The number of rotatable bonds is 7. The van der Waals surface area contributed by atoms with Gasteiger partial charge >= 0.3 is 0 Å². The molecule has 0 radical (unpaired) electrons. The molecule has 3 aromatic rings. The van der Waals surface area contributed by atoms with Gasteiger partial charge in [0.1, 0.15) is 11.8 Å². The molecular weight excluding hydrogens is 416 g/mol. The lowest BCUT2D eigenvalue weighted by atomic mass is 9.90. The molecule has 0 N–H and O–H groups in total. The first kappa shape index (κ1) is 22.0. The molecule has 7 heteroatoms. The second-order valence-corrected chi connectivity index (χ2v) is 7.40. The summed E-state index contributed by atoms with van der Waals surface area (Å²) in [5.74, 6) is 6.56. The highest BCUT2D eigenvalue weighted by Gasteiger charge is 2.52. The van der Waals surface area contributed by atoms with E-state index in [1.54, 1.807) is 36.3 Å². The van der Waals surface area contributed by atoms with Crippen LogP contribution in [0.2, 0.25) is 0 Å². The maximum Gasteiger partial charge on any atom is 0.258 e. The van der Waals surface area contributed by atoms with Crippen LogP contribution < -0.4 is 9.64 Å². The third-order valence-corrected chi connectivity index (χ3v) is 5.35. The topological polar surface area (TPSA) is 87.5 Å². The summed E-state index contributed by atoms with van der Waals surface area (Å²) in [6.45, 7) is 0.263. The van der Waals surface area contributed by atoms with Gasteiger partial charge in [-0.3, -0.25) is 4.79 Å². The predicted molar refractivity (Wildman–Crippen MR) is 126 cm³/mol. The molecule has 1 heterocycles. The van der Waals surface area contributed by atoms with Gasteiger partial charge in [-0.05, 0) is 47.5 Å². The Hall–Kier alpha value is -4.24. The lowest BCUT2D eigenvalue weighted by Crippen LogP contribution is -2.69. The third-order valence-electron chi connectivity index (χ3n) is 5.35. The van der Waals surface area contributed by atoms with Crippen LogP contribution in [0.3, 0.4) is 0 Å². The number of benzene rings is 3. The molecule has 1 aliphatic rings. The van der Waals surface area contributed by atoms with E-state index in [4.69, 9.17) is 9.47 Å². The zero-order chi connectivity index (χ0) is 23.0. The number of anilines is 1. The van der Waals surface area contributed by atoms with E-state index in [9.17, 15) is 10.3 Å². The molecule has 1 saturated heterocycles. The first-order chi connectivity index (χ1) is 16.2. The Morgan fingerprint density at radius 3 is 2.33 bits per heavy atom. The second kappa shape index (κ2) is 10.4. The molecule has 33 heavy (non-hydrogen) atoms. The van der Waals surface area contributed by atoms with Crippen molar-refractivity contribution in [1.29, 1.82) is 0 Å². The van der Waals surface area contributed by atoms with Crippen molar-refractivity contribution >= 4 is 11.6 Å². The highest BCUT2D eigenvalue weighted by Crippen LogP contribution is 2.34. The van der Waals surface area contributed by atoms with Gasteiger partial charge in [-0.1, -0.05) is 65.5 Å². The zero-order valence-electron chi connectivity index (χ0n) is 18.0. The van der Waals surface area contributed by atoms with Gasteiger partial charge in [0.15, 0.2) is 6.10 Å². The van der Waals surface area contributed by atoms with Crippen molar-refractivity contribution in [2.45, 2.75) is 24.8 Å². The average molecular weight is 438 g/mol. The van der Waals surface area contributed by atoms with Gasteiger partial charge in [-0.25, -0.2) is 0 Å². The number of nitrogens with zero attached hydrogens (tertiary/aromatic N) is 4. The summed E-state index contributed by atoms with van der Waals surface area (Å²) in [6.07, 6.45) is -0.784. The van der Waals surface area contributed by atoms with Crippen LogP contribution in [0, 0.1) is 11.8 Å². The first-order valence-electron chi connectivity index (χ1n) is 10.4. The predicted octanol–water partition coefficient (Wildman–Crippen LogP) is 4.73. The second-order valence-electron chi connectivity index (χ2n) is 7.40. The molecule has 4 rings (SSSR count). The number of azide groups is 1. The minimum absolute atomic E-state index is 0.208. The number of ether oxygens (including phenoxy) is 2. The highest BCUT2D eigenvalue weighted by molar-refractivity contribution is 6.05. The molecule has 3 atom stereocenters. The fourth-order valence-corrected chi connectivity index (χ4v) is 3.68. The maximum atomic E-state index is 13.1. The summed E-state index contributed by atoms with van der Waals surface area (Å²) >= 11 is 0. The molecule has 7 nitrogen and oxygen atoms in total. The Bertz CT molecular complexity index is 1200. The number of methoxy groups -OCH3 is 1. The number of carbonyl (C=O) groups is 1. The Labute approximate surface area is 192 Å². The molecule has 164 valence electrons. The lowest BCUT2D eigenvalue weighted by molar-refractivity contribution is -0.143. The van der Waals surface area contributed by atoms with E-state index in [0.29, 0.717) is 11.4 Å². The van der Waals surface area contributed by atoms with Crippen LogP contribution in [0.15, 0.2) is 90.0 Å². The standard InChI is InChI=1S/C26H22N4O3/c1-32-22-15-13-21(14-16-22)30-24(23(28-29-27)17-12-19-8-4-2-5-9-19)25(26(30)31)33-18-20-10-6-3-7-11-20/h2-11,13-16,23-25H,18H2,1H3/t23-,24-,25+/m0/s1. The van der Waals surface area contributed by atoms with Crippen LogP contribution in [0.1, 0.15) is 11.1 Å². The van der Waals surface area contributed by atoms with E-state index in [1.807, 2.05) is 60.7 Å². The van der Waals surface area contributed by atoms with Crippen LogP contribution >= 0.6 is 0 Å². The third kappa shape index (κ3) is 4.99. The Morgan fingerprint density at radius 1 is 1.03 bits per heavy atom. The van der Waals surface area contributed by atoms with Crippen LogP contribution in [-0.2, 0) is 16.1 Å². The van der Waals surface area contributed by atoms with Crippen molar-refractivity contribution in [2.24, 2.45) is 5.11 Å². The minimum atomic E-state index is -0.796. The number of carbonyl (C=O) groups excluding carboxylic acids is 1. The molecular formula is C26H22N4O3. The van der Waals surface area contributed by atoms with Gasteiger partial charge < -0.3 is 14.4 Å². The summed E-state index contributed by atoms with van der Waals surface area (Å²) < 4.78 is 11.2. The molecule has 1 amide bonds. The minimum Gasteiger partial charge on any atom is -0.497 e. The molecule has 0 aliphatic carbocycles. The lowest BCUT2D eigenvalue weighted by Gasteiger charge is -2.48. The molecule has 0 unspecified atom stereocenters. The molecule has 1 aliphatic heterocycles. The quantitative estimate of drug-likeness (QED) is 0.176. The molecule has 0 saturated carbocycles. The highest BCUT2D eigenvalue weighted by atomic mass is 16.5. The van der Waals surface area contributed by atoms with E-state index in [1.165, 1.54) is 0 Å². The van der Waals surface area contributed by atoms with Crippen molar-refractivity contribution in [3.8, 4) is 17.6 Å². The normalized spacial score (nSPS) is 17.7. The number of β-lactam (4-membered cyclic amide) rings is 1. The van der Waals surface area contributed by atoms with Gasteiger partial charge in [-0.15, -0.1) is 0 Å². The first-order valence-corrected chi connectivity index (χ1v) is 10.4. The van der Waals surface area contributed by atoms with Gasteiger partial charge in [0, 0.05) is 16.2 Å². The van der Waals surface area contributed by atoms with Crippen molar-refractivity contribution in [2.75, 3.05) is 12.0 Å². The Balaban J connectivity index is 1.64. The zero-order valence-corrected chi connectivity index (χ0v) is 18.0. The van der Waals surface area contributed by atoms with E-state index >= 15 is 0 Å². The van der Waals surface area contributed by atoms with Gasteiger partial charge in [0.2, 0.25) is 0 Å². The molecule has 0 spiro atoms. The number of hydrogen-bond donors (Lipinski definition) is 0. The SMILES string of the molecule is COc1ccc(N2C(=O)[C@H](OCc3ccccc3)[C@@H]2[C@H](C#Cc2ccccc2)N=[N+]=[N-])cc1. The average Bonchev–Trinajstić information content (AvgIpc) is 2.87. The van der Waals surface area contributed by atoms with Gasteiger partial charge in [0.05, 0.1) is 19.8 Å². The van der Waals surface area contributed by atoms with Crippen molar-refractivity contribution < 1.29 is 14.3 Å². The maximum absolute atomic E-state index is 13.1. The monoisotopic (exact) mass is 438 g/mol. The van der Waals surface area contributed by atoms with Gasteiger partial charge in [-0.2, -0.15) is 0 Å². The van der Waals surface area contributed by atoms with E-state index in [2.05, 4.69) is 21.9 Å². The van der Waals surface area contributed by atoms with E-state index in [-0.39, 0.29) is 12.5 Å². The summed E-state index contributed by atoms with van der Waals surface area (Å²) in [4.78, 5) is 17.7. The van der Waals surface area contributed by atoms with Crippen LogP contribution in [0.4, 0.5) is 5.69 Å². The summed E-state index contributed by atoms with van der Waals surface area (Å²) in [7, 11) is 1.58. The fourth-order valence-electron chi connectivity index (χ4n) is 3.68. The smallest absolute Gasteiger partial charge is 0.258 e. The fraction of sp³-hybridized carbons (Fsp3) is 0.192. The van der Waals surface area contributed by atoms with Crippen molar-refractivity contribution in [1.82, 2.24) is 0 Å². The molecule has 0 aromatic heterocycles. The summed E-state index contributed by atoms with van der Waals surface area (Å²) in [5.41, 5.74) is 11.6. The van der Waals surface area contributed by atoms with Crippen LogP contribution in [0.5, 0.6) is 5.75 Å². The van der Waals surface area contributed by atoms with E-state index in [0.717, 1.165) is 11.1 Å². The number of amides is 1. The number of hydrogen-bond acceptors (Lipinski definition) is 4. The molecule has 0 bridgehead atoms. The van der Waals surface area contributed by atoms with Crippen LogP contribution in [0.25, 0.3) is 10.4 Å². The Morgan fingerprint density at radius 2 is 1.70 bits per heavy atom. The van der Waals surface area contributed by atoms with Crippen LogP contribution in [-0.4, -0.2) is 31.2 Å². The summed E-state index contributed by atoms with van der Waals surface area (Å²) in [5, 5.41) is 3.92. The molecule has 1 fully saturated rings. The van der Waals surface area contributed by atoms with Crippen molar-refractivity contribution in [3.05, 3.63) is 106 Å². The van der Waals surface area contributed by atoms with E-state index < -0.39 is 18.2 Å². The van der Waals surface area contributed by atoms with Gasteiger partial charge in [0.25, 0.3) is 5.91 Å². The summed E-state index contributed by atoms with van der Waals surface area (Å²) in [6, 6.07) is 24.8.